The zero-order chi connectivity index (χ0) is 15.0. The number of rotatable bonds is 3. The molecule has 2 fully saturated rings. The average molecular weight is 298 g/mol. The number of benzene rings is 1. The number of urea groups is 1. The highest BCUT2D eigenvalue weighted by Crippen LogP contribution is 2.51. The fraction of sp³-hybridized carbons (Fsp3) is 0.529. The monoisotopic (exact) mass is 298 g/mol. The Balaban J connectivity index is 1.30. The molecule has 1 aliphatic carbocycles. The third kappa shape index (κ3) is 2.67. The molecule has 0 unspecified atom stereocenters. The summed E-state index contributed by atoms with van der Waals surface area (Å²) < 4.78 is 0. The summed E-state index contributed by atoms with van der Waals surface area (Å²) in [5.74, 6) is 0.929. The van der Waals surface area contributed by atoms with E-state index in [4.69, 9.17) is 0 Å². The number of piperidine rings is 1. The normalized spacial score (nSPS) is 19.5. The first-order valence-electron chi connectivity index (χ1n) is 8.21. The van der Waals surface area contributed by atoms with Gasteiger partial charge in [0.1, 0.15) is 5.82 Å². The Morgan fingerprint density at radius 1 is 1.32 bits per heavy atom. The van der Waals surface area contributed by atoms with Crippen LogP contribution in [0.25, 0.3) is 11.0 Å². The molecule has 2 aliphatic rings. The summed E-state index contributed by atoms with van der Waals surface area (Å²) in [5.41, 5.74) is 2.51. The summed E-state index contributed by atoms with van der Waals surface area (Å²) in [5, 5.41) is 3.04. The number of aromatic nitrogens is 2. The van der Waals surface area contributed by atoms with E-state index in [1.165, 1.54) is 19.3 Å². The standard InChI is InChI=1S/C17H22N4O/c22-16(21-11-3-7-17(12-21)8-9-17)18-10-6-15-19-13-4-1-2-5-14(13)20-15/h1-2,4-5H,3,6-12H2,(H,18,22)(H,19,20). The number of hydrogen-bond donors (Lipinski definition) is 2. The van der Waals surface area contributed by atoms with Crippen LogP contribution in [-0.4, -0.2) is 40.5 Å². The Bertz CT molecular complexity index is 656. The molecule has 0 radical (unpaired) electrons. The molecule has 22 heavy (non-hydrogen) atoms. The summed E-state index contributed by atoms with van der Waals surface area (Å²) in [6.45, 7) is 2.48. The van der Waals surface area contributed by atoms with E-state index in [1.807, 2.05) is 29.2 Å². The Kier molecular flexibility index (Phi) is 3.28. The van der Waals surface area contributed by atoms with Gasteiger partial charge in [-0.15, -0.1) is 0 Å². The minimum atomic E-state index is 0.0853. The van der Waals surface area contributed by atoms with E-state index in [2.05, 4.69) is 15.3 Å². The molecule has 0 atom stereocenters. The molecule has 1 spiro atoms. The number of H-pyrrole nitrogens is 1. The molecule has 5 nitrogen and oxygen atoms in total. The van der Waals surface area contributed by atoms with Gasteiger partial charge in [0.05, 0.1) is 11.0 Å². The van der Waals surface area contributed by atoms with Crippen molar-refractivity contribution in [1.29, 1.82) is 0 Å². The molecule has 1 aromatic carbocycles. The van der Waals surface area contributed by atoms with Crippen molar-refractivity contribution < 1.29 is 4.79 Å². The largest absolute Gasteiger partial charge is 0.342 e. The number of fused-ring (bicyclic) bond motifs is 1. The lowest BCUT2D eigenvalue weighted by Gasteiger charge is -2.32. The smallest absolute Gasteiger partial charge is 0.317 e. The molecular formula is C17H22N4O. The predicted octanol–water partition coefficient (Wildman–Crippen LogP) is 2.69. The van der Waals surface area contributed by atoms with Gasteiger partial charge in [-0.05, 0) is 43.2 Å². The van der Waals surface area contributed by atoms with Crippen molar-refractivity contribution in [3.05, 3.63) is 30.1 Å². The Hall–Kier alpha value is -2.04. The van der Waals surface area contributed by atoms with Crippen LogP contribution in [0.1, 0.15) is 31.5 Å². The number of imidazole rings is 1. The fourth-order valence-corrected chi connectivity index (χ4v) is 3.49. The van der Waals surface area contributed by atoms with Crippen molar-refractivity contribution in [1.82, 2.24) is 20.2 Å². The number of likely N-dealkylation sites (tertiary alicyclic amines) is 1. The summed E-state index contributed by atoms with van der Waals surface area (Å²) >= 11 is 0. The quantitative estimate of drug-likeness (QED) is 0.915. The van der Waals surface area contributed by atoms with Crippen molar-refractivity contribution in [3.63, 3.8) is 0 Å². The van der Waals surface area contributed by atoms with Crippen LogP contribution >= 0.6 is 0 Å². The molecule has 5 heteroatoms. The summed E-state index contributed by atoms with van der Waals surface area (Å²) in [6, 6.07) is 8.08. The van der Waals surface area contributed by atoms with Crippen LogP contribution in [0.5, 0.6) is 0 Å². The van der Waals surface area contributed by atoms with Gasteiger partial charge in [-0.25, -0.2) is 9.78 Å². The minimum Gasteiger partial charge on any atom is -0.342 e. The van der Waals surface area contributed by atoms with E-state index in [9.17, 15) is 4.79 Å². The first kappa shape index (κ1) is 13.6. The lowest BCUT2D eigenvalue weighted by Crippen LogP contribution is -2.46. The number of carbonyl (C=O) groups excluding carboxylic acids is 1. The van der Waals surface area contributed by atoms with E-state index in [-0.39, 0.29) is 6.03 Å². The number of carbonyl (C=O) groups is 1. The minimum absolute atomic E-state index is 0.0853. The van der Waals surface area contributed by atoms with Crippen LogP contribution in [0, 0.1) is 5.41 Å². The maximum absolute atomic E-state index is 12.3. The van der Waals surface area contributed by atoms with Crippen molar-refractivity contribution in [2.24, 2.45) is 5.41 Å². The van der Waals surface area contributed by atoms with Crippen LogP contribution in [0.3, 0.4) is 0 Å². The topological polar surface area (TPSA) is 61.0 Å². The maximum atomic E-state index is 12.3. The number of nitrogens with one attached hydrogen (secondary N) is 2. The Labute approximate surface area is 130 Å². The highest BCUT2D eigenvalue weighted by Gasteiger charge is 2.46. The highest BCUT2D eigenvalue weighted by atomic mass is 16.2. The van der Waals surface area contributed by atoms with Gasteiger partial charge in [-0.1, -0.05) is 12.1 Å². The highest BCUT2D eigenvalue weighted by molar-refractivity contribution is 5.75. The van der Waals surface area contributed by atoms with Gasteiger partial charge in [0.15, 0.2) is 0 Å². The summed E-state index contributed by atoms with van der Waals surface area (Å²) in [4.78, 5) is 22.1. The van der Waals surface area contributed by atoms with Crippen LogP contribution < -0.4 is 5.32 Å². The molecule has 1 saturated heterocycles. The second-order valence-corrected chi connectivity index (χ2v) is 6.71. The van der Waals surface area contributed by atoms with Crippen LogP contribution in [0.15, 0.2) is 24.3 Å². The van der Waals surface area contributed by atoms with E-state index in [0.717, 1.165) is 42.8 Å². The van der Waals surface area contributed by atoms with Crippen molar-refractivity contribution in [2.45, 2.75) is 32.1 Å². The molecule has 0 bridgehead atoms. The molecule has 1 aliphatic heterocycles. The van der Waals surface area contributed by atoms with Gasteiger partial charge >= 0.3 is 6.03 Å². The molecule has 1 saturated carbocycles. The zero-order valence-corrected chi connectivity index (χ0v) is 12.8. The zero-order valence-electron chi connectivity index (χ0n) is 12.8. The second-order valence-electron chi connectivity index (χ2n) is 6.71. The van der Waals surface area contributed by atoms with E-state index in [1.54, 1.807) is 0 Å². The van der Waals surface area contributed by atoms with Gasteiger partial charge in [-0.3, -0.25) is 0 Å². The van der Waals surface area contributed by atoms with Gasteiger partial charge in [-0.2, -0.15) is 0 Å². The number of nitrogens with zero attached hydrogens (tertiary/aromatic N) is 2. The number of hydrogen-bond acceptors (Lipinski definition) is 2. The molecule has 2 aromatic rings. The van der Waals surface area contributed by atoms with Gasteiger partial charge in [0.2, 0.25) is 0 Å². The lowest BCUT2D eigenvalue weighted by atomic mass is 9.95. The molecule has 2 heterocycles. The predicted molar refractivity (Wildman–Crippen MR) is 85.7 cm³/mol. The Morgan fingerprint density at radius 2 is 2.18 bits per heavy atom. The van der Waals surface area contributed by atoms with Crippen molar-refractivity contribution in [3.8, 4) is 0 Å². The van der Waals surface area contributed by atoms with E-state index in [0.29, 0.717) is 12.0 Å². The maximum Gasteiger partial charge on any atom is 0.317 e. The van der Waals surface area contributed by atoms with Gasteiger partial charge in [0, 0.05) is 26.1 Å². The third-order valence-electron chi connectivity index (χ3n) is 4.98. The first-order valence-corrected chi connectivity index (χ1v) is 8.21. The summed E-state index contributed by atoms with van der Waals surface area (Å²) in [7, 11) is 0. The molecule has 1 aromatic heterocycles. The van der Waals surface area contributed by atoms with Crippen LogP contribution in [0.2, 0.25) is 0 Å². The van der Waals surface area contributed by atoms with Crippen molar-refractivity contribution >= 4 is 17.1 Å². The number of amides is 2. The van der Waals surface area contributed by atoms with Gasteiger partial charge < -0.3 is 15.2 Å². The average Bonchev–Trinajstić information content (AvgIpc) is 3.13. The number of para-hydroxylation sites is 2. The second kappa shape index (κ2) is 5.30. The van der Waals surface area contributed by atoms with Crippen LogP contribution in [0.4, 0.5) is 4.79 Å². The van der Waals surface area contributed by atoms with Crippen molar-refractivity contribution in [2.75, 3.05) is 19.6 Å². The van der Waals surface area contributed by atoms with E-state index < -0.39 is 0 Å². The Morgan fingerprint density at radius 3 is 3.00 bits per heavy atom. The molecule has 116 valence electrons. The van der Waals surface area contributed by atoms with E-state index >= 15 is 0 Å². The number of aromatic amines is 1. The first-order chi connectivity index (χ1) is 10.7. The van der Waals surface area contributed by atoms with Gasteiger partial charge in [0.25, 0.3) is 0 Å². The molecule has 2 amide bonds. The fourth-order valence-electron chi connectivity index (χ4n) is 3.49. The van der Waals surface area contributed by atoms with Crippen LogP contribution in [-0.2, 0) is 6.42 Å². The summed E-state index contributed by atoms with van der Waals surface area (Å²) in [6.07, 6.45) is 5.79. The SMILES string of the molecule is O=C(NCCc1nc2ccccc2[nH]1)N1CCCC2(CC2)C1. The third-order valence-corrected chi connectivity index (χ3v) is 4.98. The molecule has 4 rings (SSSR count). The molecular weight excluding hydrogens is 276 g/mol. The lowest BCUT2D eigenvalue weighted by molar-refractivity contribution is 0.158. The molecule has 2 N–H and O–H groups in total.